The second kappa shape index (κ2) is 10.6. The molecule has 3 aromatic carbocycles. The van der Waals surface area contributed by atoms with Gasteiger partial charge in [-0.25, -0.2) is 0 Å². The largest absolute Gasteiger partial charge is 0.493 e. The summed E-state index contributed by atoms with van der Waals surface area (Å²) in [6, 6.07) is 14.6. The van der Waals surface area contributed by atoms with Gasteiger partial charge in [0.2, 0.25) is 5.91 Å². The van der Waals surface area contributed by atoms with Gasteiger partial charge in [0, 0.05) is 27.4 Å². The summed E-state index contributed by atoms with van der Waals surface area (Å²) in [6.07, 6.45) is -1.78. The molecule has 0 aliphatic rings. The first-order valence-corrected chi connectivity index (χ1v) is 10.3. The van der Waals surface area contributed by atoms with Crippen LogP contribution in [0.5, 0.6) is 11.5 Å². The first kappa shape index (κ1) is 24.5. The molecular formula is C24H18Cl2F3NO3. The van der Waals surface area contributed by atoms with E-state index in [4.69, 9.17) is 32.7 Å². The zero-order chi connectivity index (χ0) is 24.0. The number of alkyl halides is 3. The van der Waals surface area contributed by atoms with Gasteiger partial charge in [-0.05, 0) is 54.1 Å². The minimum absolute atomic E-state index is 0.0408. The summed E-state index contributed by atoms with van der Waals surface area (Å²) in [5, 5.41) is 3.37. The van der Waals surface area contributed by atoms with E-state index in [9.17, 15) is 18.0 Å². The Bertz CT molecular complexity index is 1160. The van der Waals surface area contributed by atoms with E-state index in [1.165, 1.54) is 31.4 Å². The maximum absolute atomic E-state index is 12.8. The smallest absolute Gasteiger partial charge is 0.416 e. The van der Waals surface area contributed by atoms with Gasteiger partial charge in [0.05, 0.1) is 12.7 Å². The van der Waals surface area contributed by atoms with Crippen LogP contribution in [0.2, 0.25) is 10.0 Å². The molecule has 0 radical (unpaired) electrons. The number of benzene rings is 3. The van der Waals surface area contributed by atoms with Crippen molar-refractivity contribution < 1.29 is 27.4 Å². The lowest BCUT2D eigenvalue weighted by Crippen LogP contribution is -2.10. The molecule has 0 heterocycles. The second-order valence-corrected chi connectivity index (χ2v) is 7.61. The summed E-state index contributed by atoms with van der Waals surface area (Å²) < 4.78 is 49.6. The van der Waals surface area contributed by atoms with E-state index >= 15 is 0 Å². The molecule has 4 nitrogen and oxygen atoms in total. The molecule has 9 heteroatoms. The minimum atomic E-state index is -4.49. The number of hydrogen-bond acceptors (Lipinski definition) is 3. The fraction of sp³-hybridized carbons (Fsp3) is 0.125. The van der Waals surface area contributed by atoms with E-state index in [1.54, 1.807) is 36.4 Å². The fourth-order valence-electron chi connectivity index (χ4n) is 2.86. The molecule has 0 aromatic heterocycles. The summed E-state index contributed by atoms with van der Waals surface area (Å²) in [4.78, 5) is 12.1. The van der Waals surface area contributed by atoms with Crippen LogP contribution in [0.4, 0.5) is 18.9 Å². The molecule has 0 atom stereocenters. The summed E-state index contributed by atoms with van der Waals surface area (Å²) in [5.41, 5.74) is 0.453. The van der Waals surface area contributed by atoms with Crippen molar-refractivity contribution in [3.8, 4) is 11.5 Å². The SMILES string of the molecule is COc1cc(C=CC(=O)Nc2cccc(C(F)(F)F)c2)ccc1OCc1c(Cl)cccc1Cl. The summed E-state index contributed by atoms with van der Waals surface area (Å²) in [6.45, 7) is 0.128. The monoisotopic (exact) mass is 495 g/mol. The third-order valence-corrected chi connectivity index (χ3v) is 5.21. The molecule has 1 N–H and O–H groups in total. The van der Waals surface area contributed by atoms with Crippen molar-refractivity contribution in [1.29, 1.82) is 0 Å². The number of hydrogen-bond donors (Lipinski definition) is 1. The Kier molecular flexibility index (Phi) is 7.89. The Labute approximate surface area is 198 Å². The lowest BCUT2D eigenvalue weighted by Gasteiger charge is -2.13. The molecular weight excluding hydrogens is 478 g/mol. The molecule has 0 unspecified atom stereocenters. The number of methoxy groups -OCH3 is 1. The van der Waals surface area contributed by atoms with Crippen LogP contribution in [0.3, 0.4) is 0 Å². The number of carbonyl (C=O) groups excluding carboxylic acids is 1. The van der Waals surface area contributed by atoms with Gasteiger partial charge in [0.15, 0.2) is 11.5 Å². The predicted octanol–water partition coefficient (Wildman–Crippen LogP) is 7.25. The number of carbonyl (C=O) groups is 1. The number of anilines is 1. The van der Waals surface area contributed by atoms with Gasteiger partial charge in [0.25, 0.3) is 0 Å². The van der Waals surface area contributed by atoms with Gasteiger partial charge in [-0.3, -0.25) is 4.79 Å². The van der Waals surface area contributed by atoms with Crippen LogP contribution in [0.25, 0.3) is 6.08 Å². The molecule has 1 amide bonds. The van der Waals surface area contributed by atoms with Gasteiger partial charge in [-0.1, -0.05) is 41.4 Å². The first-order valence-electron chi connectivity index (χ1n) is 9.57. The van der Waals surface area contributed by atoms with Crippen molar-refractivity contribution in [1.82, 2.24) is 0 Å². The lowest BCUT2D eigenvalue weighted by atomic mass is 10.1. The van der Waals surface area contributed by atoms with E-state index in [0.29, 0.717) is 32.7 Å². The highest BCUT2D eigenvalue weighted by Gasteiger charge is 2.30. The third-order valence-electron chi connectivity index (χ3n) is 4.51. The molecule has 0 saturated carbocycles. The number of ether oxygens (including phenoxy) is 2. The topological polar surface area (TPSA) is 47.6 Å². The van der Waals surface area contributed by atoms with E-state index in [2.05, 4.69) is 5.32 Å². The van der Waals surface area contributed by atoms with E-state index < -0.39 is 17.6 Å². The first-order chi connectivity index (χ1) is 15.7. The molecule has 33 heavy (non-hydrogen) atoms. The van der Waals surface area contributed by atoms with Crippen LogP contribution in [-0.2, 0) is 17.6 Å². The van der Waals surface area contributed by atoms with Gasteiger partial charge >= 0.3 is 6.18 Å². The average Bonchev–Trinajstić information content (AvgIpc) is 2.77. The lowest BCUT2D eigenvalue weighted by molar-refractivity contribution is -0.137. The van der Waals surface area contributed by atoms with Crippen LogP contribution in [-0.4, -0.2) is 13.0 Å². The Balaban J connectivity index is 1.67. The van der Waals surface area contributed by atoms with Crippen LogP contribution in [0.15, 0.2) is 66.7 Å². The molecule has 0 bridgehead atoms. The van der Waals surface area contributed by atoms with Crippen molar-refractivity contribution in [2.24, 2.45) is 0 Å². The van der Waals surface area contributed by atoms with Gasteiger partial charge in [-0.2, -0.15) is 13.2 Å². The van der Waals surface area contributed by atoms with Gasteiger partial charge in [-0.15, -0.1) is 0 Å². The average molecular weight is 496 g/mol. The van der Waals surface area contributed by atoms with Crippen molar-refractivity contribution in [3.63, 3.8) is 0 Å². The molecule has 0 saturated heterocycles. The highest BCUT2D eigenvalue weighted by atomic mass is 35.5. The van der Waals surface area contributed by atoms with Crippen LogP contribution in [0.1, 0.15) is 16.7 Å². The van der Waals surface area contributed by atoms with Crippen molar-refractivity contribution >= 4 is 40.9 Å². The fourth-order valence-corrected chi connectivity index (χ4v) is 3.36. The number of amides is 1. The van der Waals surface area contributed by atoms with Gasteiger partial charge < -0.3 is 14.8 Å². The Hall–Kier alpha value is -3.16. The van der Waals surface area contributed by atoms with E-state index in [0.717, 1.165) is 12.1 Å². The minimum Gasteiger partial charge on any atom is -0.493 e. The molecule has 172 valence electrons. The Morgan fingerprint density at radius 1 is 1.00 bits per heavy atom. The summed E-state index contributed by atoms with van der Waals surface area (Å²) >= 11 is 12.3. The number of halogens is 5. The Morgan fingerprint density at radius 3 is 2.36 bits per heavy atom. The van der Waals surface area contributed by atoms with Crippen LogP contribution < -0.4 is 14.8 Å². The van der Waals surface area contributed by atoms with E-state index in [-0.39, 0.29) is 12.3 Å². The second-order valence-electron chi connectivity index (χ2n) is 6.80. The maximum Gasteiger partial charge on any atom is 0.416 e. The summed E-state index contributed by atoms with van der Waals surface area (Å²) in [5.74, 6) is 0.277. The number of rotatable bonds is 7. The van der Waals surface area contributed by atoms with Crippen molar-refractivity contribution in [2.45, 2.75) is 12.8 Å². The van der Waals surface area contributed by atoms with Crippen molar-refractivity contribution in [3.05, 3.63) is 93.5 Å². The quantitative estimate of drug-likeness (QED) is 0.351. The predicted molar refractivity (Wildman–Crippen MR) is 123 cm³/mol. The zero-order valence-corrected chi connectivity index (χ0v) is 18.8. The molecule has 3 aromatic rings. The van der Waals surface area contributed by atoms with Gasteiger partial charge in [0.1, 0.15) is 6.61 Å². The van der Waals surface area contributed by atoms with E-state index in [1.807, 2.05) is 0 Å². The van der Waals surface area contributed by atoms with Crippen LogP contribution in [0, 0.1) is 0 Å². The standard InChI is InChI=1S/C24H18Cl2F3NO3/c1-32-22-12-15(8-10-21(22)33-14-18-19(25)6-3-7-20(18)26)9-11-23(31)30-17-5-2-4-16(13-17)24(27,28)29/h2-13H,14H2,1H3,(H,30,31). The molecule has 0 spiro atoms. The summed E-state index contributed by atoms with van der Waals surface area (Å²) in [7, 11) is 1.47. The number of nitrogens with one attached hydrogen (secondary N) is 1. The van der Waals surface area contributed by atoms with Crippen molar-refractivity contribution in [2.75, 3.05) is 12.4 Å². The Morgan fingerprint density at radius 2 is 1.70 bits per heavy atom. The highest BCUT2D eigenvalue weighted by molar-refractivity contribution is 6.35. The molecule has 0 aliphatic carbocycles. The van der Waals surface area contributed by atoms with Crippen LogP contribution >= 0.6 is 23.2 Å². The third kappa shape index (κ3) is 6.66. The normalized spacial score (nSPS) is 11.5. The molecule has 3 rings (SSSR count). The molecule has 0 aliphatic heterocycles. The zero-order valence-electron chi connectivity index (χ0n) is 17.2. The maximum atomic E-state index is 12.8. The molecule has 0 fully saturated rings. The highest BCUT2D eigenvalue weighted by Crippen LogP contribution is 2.32.